The second-order valence-electron chi connectivity index (χ2n) is 4.78. The van der Waals surface area contributed by atoms with E-state index < -0.39 is 0 Å². The fourth-order valence-corrected chi connectivity index (χ4v) is 4.18. The maximum atomic E-state index is 9.88. The van der Waals surface area contributed by atoms with Crippen LogP contribution >= 0.6 is 0 Å². The Morgan fingerprint density at radius 2 is 2.09 bits per heavy atom. The molecule has 3 rings (SSSR count). The molecule has 1 heteroatoms. The van der Waals surface area contributed by atoms with Crippen LogP contribution in [0.2, 0.25) is 0 Å². The standard InChI is InChI=1S/C10H16O/c11-9-6-7-3-5-10(9)4-1-2-8(7)10/h7-9,11H,1-6H2/t7-,8-,9-,10-/m1/s1. The van der Waals surface area contributed by atoms with Crippen molar-refractivity contribution < 1.29 is 5.11 Å². The van der Waals surface area contributed by atoms with Gasteiger partial charge in [0.25, 0.3) is 0 Å². The third-order valence-corrected chi connectivity index (χ3v) is 4.64. The van der Waals surface area contributed by atoms with E-state index in [4.69, 9.17) is 0 Å². The van der Waals surface area contributed by atoms with Gasteiger partial charge in [-0.2, -0.15) is 0 Å². The van der Waals surface area contributed by atoms with Gasteiger partial charge in [-0.15, -0.1) is 0 Å². The van der Waals surface area contributed by atoms with Crippen LogP contribution in [0.3, 0.4) is 0 Å². The molecule has 0 aromatic heterocycles. The Labute approximate surface area is 67.8 Å². The van der Waals surface area contributed by atoms with E-state index >= 15 is 0 Å². The quantitative estimate of drug-likeness (QED) is 0.562. The Balaban J connectivity index is 2.03. The smallest absolute Gasteiger partial charge is 0.0601 e. The van der Waals surface area contributed by atoms with Gasteiger partial charge in [0.1, 0.15) is 0 Å². The van der Waals surface area contributed by atoms with E-state index in [0.29, 0.717) is 5.41 Å². The highest BCUT2D eigenvalue weighted by atomic mass is 16.3. The summed E-state index contributed by atoms with van der Waals surface area (Å²) in [5.41, 5.74) is 0.435. The molecule has 4 atom stereocenters. The number of aliphatic hydroxyl groups is 1. The molecule has 3 aliphatic rings. The fraction of sp³-hybridized carbons (Fsp3) is 1.00. The lowest BCUT2D eigenvalue weighted by Gasteiger charge is -2.30. The summed E-state index contributed by atoms with van der Waals surface area (Å²) in [5, 5.41) is 9.88. The molecular weight excluding hydrogens is 136 g/mol. The van der Waals surface area contributed by atoms with Gasteiger partial charge < -0.3 is 5.11 Å². The summed E-state index contributed by atoms with van der Waals surface area (Å²) in [4.78, 5) is 0. The van der Waals surface area contributed by atoms with Gasteiger partial charge in [0.05, 0.1) is 6.10 Å². The molecule has 0 aromatic rings. The van der Waals surface area contributed by atoms with E-state index in [0.717, 1.165) is 18.3 Å². The lowest BCUT2D eigenvalue weighted by atomic mass is 9.79. The molecule has 0 amide bonds. The summed E-state index contributed by atoms with van der Waals surface area (Å²) in [7, 11) is 0. The first-order valence-corrected chi connectivity index (χ1v) is 5.01. The van der Waals surface area contributed by atoms with Gasteiger partial charge in [-0.25, -0.2) is 0 Å². The van der Waals surface area contributed by atoms with Crippen molar-refractivity contribution in [1.82, 2.24) is 0 Å². The largest absolute Gasteiger partial charge is 0.393 e. The summed E-state index contributed by atoms with van der Waals surface area (Å²) in [5.74, 6) is 1.84. The Morgan fingerprint density at radius 1 is 1.18 bits per heavy atom. The van der Waals surface area contributed by atoms with Crippen LogP contribution in [0.1, 0.15) is 38.5 Å². The minimum absolute atomic E-state index is 0.0775. The minimum Gasteiger partial charge on any atom is -0.393 e. The van der Waals surface area contributed by atoms with Crippen LogP contribution < -0.4 is 0 Å². The summed E-state index contributed by atoms with van der Waals surface area (Å²) < 4.78 is 0. The molecule has 0 aliphatic heterocycles. The SMILES string of the molecule is O[C@@H]1C[C@H]2CC[C@@]13CCC[C@H]23. The van der Waals surface area contributed by atoms with Crippen LogP contribution in [-0.4, -0.2) is 11.2 Å². The molecule has 3 fully saturated rings. The molecule has 0 unspecified atom stereocenters. The van der Waals surface area contributed by atoms with Crippen LogP contribution in [0, 0.1) is 17.3 Å². The molecule has 0 spiro atoms. The molecular formula is C10H16O. The van der Waals surface area contributed by atoms with Crippen LogP contribution in [0.5, 0.6) is 0 Å². The van der Waals surface area contributed by atoms with Crippen molar-refractivity contribution in [3.8, 4) is 0 Å². The fourth-order valence-electron chi connectivity index (χ4n) is 4.18. The third kappa shape index (κ3) is 0.581. The van der Waals surface area contributed by atoms with Gasteiger partial charge in [-0.05, 0) is 49.4 Å². The first-order valence-electron chi connectivity index (χ1n) is 5.01. The van der Waals surface area contributed by atoms with Gasteiger partial charge in [-0.1, -0.05) is 6.42 Å². The predicted octanol–water partition coefficient (Wildman–Crippen LogP) is 1.95. The Kier molecular flexibility index (Phi) is 1.07. The average Bonchev–Trinajstić information content (AvgIpc) is 2.54. The molecule has 3 saturated carbocycles. The molecule has 62 valence electrons. The van der Waals surface area contributed by atoms with Crippen LogP contribution in [0.25, 0.3) is 0 Å². The second-order valence-corrected chi connectivity index (χ2v) is 4.78. The van der Waals surface area contributed by atoms with Crippen molar-refractivity contribution in [3.63, 3.8) is 0 Å². The van der Waals surface area contributed by atoms with Crippen LogP contribution in [-0.2, 0) is 0 Å². The van der Waals surface area contributed by atoms with Gasteiger partial charge in [0, 0.05) is 0 Å². The Bertz CT molecular complexity index is 185. The maximum Gasteiger partial charge on any atom is 0.0601 e. The first-order chi connectivity index (χ1) is 5.33. The third-order valence-electron chi connectivity index (χ3n) is 4.64. The summed E-state index contributed by atoms with van der Waals surface area (Å²) in [6, 6.07) is 0. The molecule has 0 aromatic carbocycles. The van der Waals surface area contributed by atoms with Crippen LogP contribution in [0.4, 0.5) is 0 Å². The Morgan fingerprint density at radius 3 is 2.82 bits per heavy atom. The molecule has 0 radical (unpaired) electrons. The highest BCUT2D eigenvalue weighted by Crippen LogP contribution is 2.65. The van der Waals surface area contributed by atoms with E-state index in [9.17, 15) is 5.11 Å². The van der Waals surface area contributed by atoms with E-state index in [1.54, 1.807) is 0 Å². The lowest BCUT2D eigenvalue weighted by molar-refractivity contribution is 0.0331. The summed E-state index contributed by atoms with van der Waals surface area (Å²) >= 11 is 0. The van der Waals surface area contributed by atoms with E-state index in [-0.39, 0.29) is 6.10 Å². The van der Waals surface area contributed by atoms with E-state index in [1.807, 2.05) is 0 Å². The number of rotatable bonds is 0. The zero-order valence-electron chi connectivity index (χ0n) is 6.92. The molecule has 0 saturated heterocycles. The first kappa shape index (κ1) is 6.47. The number of aliphatic hydroxyl groups excluding tert-OH is 1. The molecule has 3 aliphatic carbocycles. The van der Waals surface area contributed by atoms with E-state index in [2.05, 4.69) is 0 Å². The van der Waals surface area contributed by atoms with Crippen molar-refractivity contribution >= 4 is 0 Å². The molecule has 1 N–H and O–H groups in total. The normalized spacial score (nSPS) is 60.3. The highest BCUT2D eigenvalue weighted by molar-refractivity contribution is 5.10. The van der Waals surface area contributed by atoms with Crippen molar-refractivity contribution in [2.75, 3.05) is 0 Å². The number of hydrogen-bond acceptors (Lipinski definition) is 1. The molecule has 0 heterocycles. The van der Waals surface area contributed by atoms with Crippen molar-refractivity contribution in [2.24, 2.45) is 17.3 Å². The van der Waals surface area contributed by atoms with Crippen LogP contribution in [0.15, 0.2) is 0 Å². The Hall–Kier alpha value is -0.0400. The van der Waals surface area contributed by atoms with Crippen molar-refractivity contribution in [2.45, 2.75) is 44.6 Å². The monoisotopic (exact) mass is 152 g/mol. The number of hydrogen-bond donors (Lipinski definition) is 1. The molecule has 2 bridgehead atoms. The second kappa shape index (κ2) is 1.82. The van der Waals surface area contributed by atoms with Crippen molar-refractivity contribution in [3.05, 3.63) is 0 Å². The molecule has 1 nitrogen and oxygen atoms in total. The lowest BCUT2D eigenvalue weighted by Crippen LogP contribution is -2.30. The predicted molar refractivity (Wildman–Crippen MR) is 43.1 cm³/mol. The zero-order chi connectivity index (χ0) is 7.47. The zero-order valence-corrected chi connectivity index (χ0v) is 6.92. The van der Waals surface area contributed by atoms with Gasteiger partial charge in [-0.3, -0.25) is 0 Å². The van der Waals surface area contributed by atoms with Gasteiger partial charge >= 0.3 is 0 Å². The summed E-state index contributed by atoms with van der Waals surface area (Å²) in [6.45, 7) is 0. The van der Waals surface area contributed by atoms with Gasteiger partial charge in [0.15, 0.2) is 0 Å². The summed E-state index contributed by atoms with van der Waals surface area (Å²) in [6.07, 6.45) is 8.10. The minimum atomic E-state index is 0.0775. The highest BCUT2D eigenvalue weighted by Gasteiger charge is 2.60. The van der Waals surface area contributed by atoms with Gasteiger partial charge in [0.2, 0.25) is 0 Å². The van der Waals surface area contributed by atoms with E-state index in [1.165, 1.54) is 32.1 Å². The van der Waals surface area contributed by atoms with Crippen molar-refractivity contribution in [1.29, 1.82) is 0 Å². The topological polar surface area (TPSA) is 20.2 Å². The maximum absolute atomic E-state index is 9.88. The average molecular weight is 152 g/mol. The molecule has 11 heavy (non-hydrogen) atoms.